The van der Waals surface area contributed by atoms with Gasteiger partial charge in [-0.2, -0.15) is 0 Å². The van der Waals surface area contributed by atoms with Crippen molar-refractivity contribution in [2.45, 2.75) is 0 Å². The Morgan fingerprint density at radius 1 is 1.04 bits per heavy atom. The van der Waals surface area contributed by atoms with Gasteiger partial charge in [0.1, 0.15) is 11.5 Å². The lowest BCUT2D eigenvalue weighted by atomic mass is 10.2. The summed E-state index contributed by atoms with van der Waals surface area (Å²) in [5.41, 5.74) is 0.835. The smallest absolute Gasteiger partial charge is 0.338 e. The van der Waals surface area contributed by atoms with Crippen molar-refractivity contribution in [2.75, 3.05) is 26.1 Å². The Morgan fingerprint density at radius 3 is 2.25 bits per heavy atom. The molecule has 0 radical (unpaired) electrons. The van der Waals surface area contributed by atoms with Crippen molar-refractivity contribution in [3.63, 3.8) is 0 Å². The van der Waals surface area contributed by atoms with E-state index in [-0.39, 0.29) is 5.56 Å². The molecule has 1 N–H and O–H groups in total. The van der Waals surface area contributed by atoms with E-state index in [0.29, 0.717) is 17.2 Å². The van der Waals surface area contributed by atoms with Gasteiger partial charge in [0.05, 0.1) is 25.5 Å². The molecule has 0 aromatic heterocycles. The second-order valence-corrected chi connectivity index (χ2v) is 5.56. The summed E-state index contributed by atoms with van der Waals surface area (Å²) in [5.74, 6) is -0.169. The third-order valence-corrected chi connectivity index (χ3v) is 3.76. The van der Waals surface area contributed by atoms with E-state index in [2.05, 4.69) is 21.2 Å². The minimum atomic E-state index is -0.644. The van der Waals surface area contributed by atoms with Crippen LogP contribution in [0.4, 0.5) is 5.69 Å². The number of benzene rings is 2. The van der Waals surface area contributed by atoms with E-state index in [9.17, 15) is 9.59 Å². The van der Waals surface area contributed by atoms with E-state index in [1.54, 1.807) is 24.3 Å². The molecule has 0 fully saturated rings. The summed E-state index contributed by atoms with van der Waals surface area (Å²) < 4.78 is 15.9. The highest BCUT2D eigenvalue weighted by molar-refractivity contribution is 9.10. The van der Waals surface area contributed by atoms with E-state index in [1.807, 2.05) is 6.07 Å². The van der Waals surface area contributed by atoms with Crippen LogP contribution in [-0.2, 0) is 9.53 Å². The molecule has 24 heavy (non-hydrogen) atoms. The van der Waals surface area contributed by atoms with Crippen LogP contribution < -0.4 is 14.8 Å². The van der Waals surface area contributed by atoms with Crippen LogP contribution in [0.1, 0.15) is 10.4 Å². The fourth-order valence-electron chi connectivity index (χ4n) is 1.89. The first-order valence-corrected chi connectivity index (χ1v) is 7.77. The van der Waals surface area contributed by atoms with E-state index in [4.69, 9.17) is 14.2 Å². The quantitative estimate of drug-likeness (QED) is 0.762. The number of nitrogens with one attached hydrogen (secondary N) is 1. The van der Waals surface area contributed by atoms with Crippen LogP contribution in [0.3, 0.4) is 0 Å². The molecule has 1 amide bonds. The van der Waals surface area contributed by atoms with E-state index in [1.165, 1.54) is 26.4 Å². The van der Waals surface area contributed by atoms with Crippen molar-refractivity contribution in [2.24, 2.45) is 0 Å². The normalized spacial score (nSPS) is 9.96. The van der Waals surface area contributed by atoms with Crippen LogP contribution in [0, 0.1) is 0 Å². The number of amides is 1. The maximum atomic E-state index is 12.1. The molecule has 2 aromatic rings. The predicted octanol–water partition coefficient (Wildman–Crippen LogP) is 3.26. The molecule has 0 aliphatic carbocycles. The van der Waals surface area contributed by atoms with Gasteiger partial charge in [-0.3, -0.25) is 4.79 Å². The average Bonchev–Trinajstić information content (AvgIpc) is 2.61. The molecule has 7 heteroatoms. The molecule has 0 atom stereocenters. The number of rotatable bonds is 6. The van der Waals surface area contributed by atoms with Crippen LogP contribution in [-0.4, -0.2) is 32.7 Å². The highest BCUT2D eigenvalue weighted by Crippen LogP contribution is 2.23. The summed E-state index contributed by atoms with van der Waals surface area (Å²) in [6.07, 6.45) is 0. The van der Waals surface area contributed by atoms with Gasteiger partial charge < -0.3 is 19.5 Å². The summed E-state index contributed by atoms with van der Waals surface area (Å²) in [6, 6.07) is 11.8. The SMILES string of the molecule is COc1cc(OC)cc(C(=O)OCC(=O)Nc2ccccc2Br)c1. The lowest BCUT2D eigenvalue weighted by Gasteiger charge is -2.10. The number of carbonyl (C=O) groups excluding carboxylic acids is 2. The van der Waals surface area contributed by atoms with Gasteiger partial charge in [-0.1, -0.05) is 12.1 Å². The summed E-state index contributed by atoms with van der Waals surface area (Å²) >= 11 is 3.32. The summed E-state index contributed by atoms with van der Waals surface area (Å²) in [5, 5.41) is 2.65. The van der Waals surface area contributed by atoms with Gasteiger partial charge in [0.25, 0.3) is 5.91 Å². The predicted molar refractivity (Wildman–Crippen MR) is 92.6 cm³/mol. The van der Waals surface area contributed by atoms with E-state index in [0.717, 1.165) is 4.47 Å². The van der Waals surface area contributed by atoms with E-state index < -0.39 is 18.5 Å². The summed E-state index contributed by atoms with van der Waals surface area (Å²) in [4.78, 5) is 24.0. The Kier molecular flexibility index (Phi) is 6.20. The van der Waals surface area contributed by atoms with Crippen molar-refractivity contribution in [3.05, 3.63) is 52.5 Å². The number of carbonyl (C=O) groups is 2. The number of ether oxygens (including phenoxy) is 3. The van der Waals surface area contributed by atoms with Crippen LogP contribution in [0.2, 0.25) is 0 Å². The zero-order valence-corrected chi connectivity index (χ0v) is 14.8. The molecule has 6 nitrogen and oxygen atoms in total. The first kappa shape index (κ1) is 17.8. The third kappa shape index (κ3) is 4.73. The maximum Gasteiger partial charge on any atom is 0.338 e. The number of hydrogen-bond acceptors (Lipinski definition) is 5. The molecule has 0 heterocycles. The Morgan fingerprint density at radius 2 is 1.67 bits per heavy atom. The topological polar surface area (TPSA) is 73.9 Å². The minimum Gasteiger partial charge on any atom is -0.497 e. The molecular formula is C17H16BrNO5. The average molecular weight is 394 g/mol. The number of para-hydroxylation sites is 1. The fourth-order valence-corrected chi connectivity index (χ4v) is 2.27. The molecule has 0 aliphatic rings. The third-order valence-electron chi connectivity index (χ3n) is 3.07. The van der Waals surface area contributed by atoms with Crippen molar-refractivity contribution in [1.29, 1.82) is 0 Å². The molecule has 0 unspecified atom stereocenters. The summed E-state index contributed by atoms with van der Waals surface area (Å²) in [7, 11) is 2.96. The molecule has 0 spiro atoms. The monoisotopic (exact) mass is 393 g/mol. The van der Waals surface area contributed by atoms with Gasteiger partial charge in [0, 0.05) is 10.5 Å². The number of anilines is 1. The van der Waals surface area contributed by atoms with Gasteiger partial charge in [-0.15, -0.1) is 0 Å². The highest BCUT2D eigenvalue weighted by atomic mass is 79.9. The van der Waals surface area contributed by atoms with Crippen LogP contribution in [0.5, 0.6) is 11.5 Å². The molecule has 0 saturated heterocycles. The summed E-state index contributed by atoms with van der Waals surface area (Å²) in [6.45, 7) is -0.403. The van der Waals surface area contributed by atoms with Crippen molar-refractivity contribution in [1.82, 2.24) is 0 Å². The number of halogens is 1. The van der Waals surface area contributed by atoms with Crippen molar-refractivity contribution < 1.29 is 23.8 Å². The highest BCUT2D eigenvalue weighted by Gasteiger charge is 2.14. The Labute approximate surface area is 147 Å². The molecule has 2 rings (SSSR count). The van der Waals surface area contributed by atoms with Crippen LogP contribution in [0.25, 0.3) is 0 Å². The molecule has 126 valence electrons. The maximum absolute atomic E-state index is 12.1. The number of methoxy groups -OCH3 is 2. The number of esters is 1. The van der Waals surface area contributed by atoms with Crippen molar-refractivity contribution in [3.8, 4) is 11.5 Å². The first-order valence-electron chi connectivity index (χ1n) is 6.98. The molecule has 2 aromatic carbocycles. The molecule has 0 aliphatic heterocycles. The Hall–Kier alpha value is -2.54. The molecular weight excluding hydrogens is 378 g/mol. The van der Waals surface area contributed by atoms with Gasteiger partial charge >= 0.3 is 5.97 Å². The molecule has 0 saturated carbocycles. The molecule has 0 bridgehead atoms. The number of hydrogen-bond donors (Lipinski definition) is 1. The second-order valence-electron chi connectivity index (χ2n) is 4.71. The zero-order chi connectivity index (χ0) is 17.5. The fraction of sp³-hybridized carbons (Fsp3) is 0.176. The van der Waals surface area contributed by atoms with Crippen LogP contribution in [0.15, 0.2) is 46.9 Å². The van der Waals surface area contributed by atoms with Gasteiger partial charge in [-0.25, -0.2) is 4.79 Å². The Balaban J connectivity index is 1.98. The van der Waals surface area contributed by atoms with Crippen LogP contribution >= 0.6 is 15.9 Å². The minimum absolute atomic E-state index is 0.236. The first-order chi connectivity index (χ1) is 11.5. The Bertz CT molecular complexity index is 725. The largest absolute Gasteiger partial charge is 0.497 e. The van der Waals surface area contributed by atoms with Gasteiger partial charge in [0.2, 0.25) is 0 Å². The van der Waals surface area contributed by atoms with E-state index >= 15 is 0 Å². The lowest BCUT2D eigenvalue weighted by Crippen LogP contribution is -2.21. The van der Waals surface area contributed by atoms with Crippen molar-refractivity contribution >= 4 is 33.5 Å². The van der Waals surface area contributed by atoms with Gasteiger partial charge in [0.15, 0.2) is 6.61 Å². The lowest BCUT2D eigenvalue weighted by molar-refractivity contribution is -0.119. The second kappa shape index (κ2) is 8.35. The van der Waals surface area contributed by atoms with Gasteiger partial charge in [-0.05, 0) is 40.2 Å². The zero-order valence-electron chi connectivity index (χ0n) is 13.2. The standard InChI is InChI=1S/C17H16BrNO5/c1-22-12-7-11(8-13(9-12)23-2)17(21)24-10-16(20)19-15-6-4-3-5-14(15)18/h3-9H,10H2,1-2H3,(H,19,20).